The molecule has 0 aliphatic carbocycles. The summed E-state index contributed by atoms with van der Waals surface area (Å²) in [4.78, 5) is 75.6. The molecule has 0 radical (unpaired) electrons. The van der Waals surface area contributed by atoms with Gasteiger partial charge in [0.1, 0.15) is 23.8 Å². The second-order valence-corrected chi connectivity index (χ2v) is 10.6. The van der Waals surface area contributed by atoms with E-state index < -0.39 is 35.0 Å². The fraction of sp³-hybridized carbons (Fsp3) is 0.609. The zero-order valence-electron chi connectivity index (χ0n) is 20.0. The van der Waals surface area contributed by atoms with Crippen LogP contribution in [0.3, 0.4) is 0 Å². The summed E-state index contributed by atoms with van der Waals surface area (Å²) in [6.45, 7) is 6.83. The van der Waals surface area contributed by atoms with Crippen LogP contribution in [0.2, 0.25) is 0 Å². The molecule has 5 rings (SSSR count). The van der Waals surface area contributed by atoms with Crippen LogP contribution in [0.1, 0.15) is 51.3 Å². The summed E-state index contributed by atoms with van der Waals surface area (Å²) < 4.78 is 5.47. The molecule has 12 heteroatoms. The van der Waals surface area contributed by atoms with Crippen LogP contribution in [0.5, 0.6) is 0 Å². The second kappa shape index (κ2) is 7.99. The van der Waals surface area contributed by atoms with Gasteiger partial charge in [0.25, 0.3) is 0 Å². The Hall–Kier alpha value is -3.57. The molecule has 0 aromatic carbocycles. The summed E-state index contributed by atoms with van der Waals surface area (Å²) in [5, 5.41) is 2.22. The fourth-order valence-electron chi connectivity index (χ4n) is 5.24. The Morgan fingerprint density at radius 2 is 1.89 bits per heavy atom. The van der Waals surface area contributed by atoms with Gasteiger partial charge >= 0.3 is 6.09 Å². The number of ether oxygens (including phenoxy) is 1. The number of hydrogen-bond acceptors (Lipinski definition) is 9. The molecule has 35 heavy (non-hydrogen) atoms. The van der Waals surface area contributed by atoms with Crippen LogP contribution in [0, 0.1) is 5.41 Å². The molecule has 1 aromatic heterocycles. The number of imide groups is 2. The fourth-order valence-corrected chi connectivity index (χ4v) is 5.24. The first-order chi connectivity index (χ1) is 16.5. The molecule has 1 aromatic rings. The molecule has 12 nitrogen and oxygen atoms in total. The summed E-state index contributed by atoms with van der Waals surface area (Å²) >= 11 is 0. The van der Waals surface area contributed by atoms with E-state index in [1.54, 1.807) is 4.90 Å². The third kappa shape index (κ3) is 4.00. The SMILES string of the molecule is CC(C)(C)OC(=O)N1CCc2c(ncnc2N2CC3(CC(=O)N(C4CCC(=O)NC4=O)C3=O)C2)C1. The van der Waals surface area contributed by atoms with Crippen molar-refractivity contribution >= 4 is 35.5 Å². The number of carbonyl (C=O) groups excluding carboxylic acids is 5. The van der Waals surface area contributed by atoms with Crippen LogP contribution in [0.25, 0.3) is 0 Å². The second-order valence-electron chi connectivity index (χ2n) is 10.6. The zero-order chi connectivity index (χ0) is 25.1. The summed E-state index contributed by atoms with van der Waals surface area (Å²) in [5.41, 5.74) is 0.161. The number of carbonyl (C=O) groups is 5. The van der Waals surface area contributed by atoms with E-state index in [1.807, 2.05) is 25.7 Å². The van der Waals surface area contributed by atoms with Gasteiger partial charge in [-0.2, -0.15) is 0 Å². The van der Waals surface area contributed by atoms with Crippen molar-refractivity contribution in [2.45, 2.75) is 64.6 Å². The number of nitrogens with one attached hydrogen (secondary N) is 1. The standard InChI is InChI=1S/C23H28N6O6/c1-22(2,3)35-21(34)27-7-6-13-14(9-27)24-12-25-18(13)28-10-23(11-28)8-17(31)29(20(23)33)15-4-5-16(30)26-19(15)32/h12,15H,4-11H2,1-3H3,(H,26,30,32). The molecule has 3 fully saturated rings. The van der Waals surface area contributed by atoms with Crippen LogP contribution < -0.4 is 10.2 Å². The Morgan fingerprint density at radius 1 is 1.14 bits per heavy atom. The first-order valence-corrected chi connectivity index (χ1v) is 11.7. The predicted octanol–water partition coefficient (Wildman–Crippen LogP) is 0.140. The van der Waals surface area contributed by atoms with Crippen molar-refractivity contribution in [3.05, 3.63) is 17.6 Å². The average Bonchev–Trinajstić information content (AvgIpc) is 3.01. The minimum Gasteiger partial charge on any atom is -0.444 e. The van der Waals surface area contributed by atoms with Crippen molar-refractivity contribution in [2.24, 2.45) is 5.41 Å². The molecule has 5 amide bonds. The normalized spacial score (nSPS) is 23.9. The van der Waals surface area contributed by atoms with Gasteiger partial charge in [-0.1, -0.05) is 0 Å². The number of piperidine rings is 1. The number of anilines is 1. The van der Waals surface area contributed by atoms with E-state index in [1.165, 1.54) is 6.33 Å². The van der Waals surface area contributed by atoms with Crippen molar-refractivity contribution in [1.82, 2.24) is 25.1 Å². The van der Waals surface area contributed by atoms with Gasteiger partial charge in [-0.25, -0.2) is 14.8 Å². The lowest BCUT2D eigenvalue weighted by atomic mass is 9.77. The maximum absolute atomic E-state index is 13.3. The molecule has 1 spiro atoms. The molecule has 5 heterocycles. The molecule has 4 aliphatic heterocycles. The zero-order valence-corrected chi connectivity index (χ0v) is 20.0. The highest BCUT2D eigenvalue weighted by Crippen LogP contribution is 2.45. The Kier molecular flexibility index (Phi) is 5.29. The molecule has 1 unspecified atom stereocenters. The highest BCUT2D eigenvalue weighted by molar-refractivity contribution is 6.12. The van der Waals surface area contributed by atoms with Crippen LogP contribution in [0.15, 0.2) is 6.33 Å². The number of rotatable bonds is 2. The Labute approximate surface area is 202 Å². The van der Waals surface area contributed by atoms with Crippen molar-refractivity contribution in [3.63, 3.8) is 0 Å². The van der Waals surface area contributed by atoms with E-state index in [0.717, 1.165) is 16.2 Å². The van der Waals surface area contributed by atoms with Gasteiger partial charge in [0.2, 0.25) is 23.6 Å². The molecule has 3 saturated heterocycles. The number of fused-ring (bicyclic) bond motifs is 1. The number of likely N-dealkylation sites (tertiary alicyclic amines) is 1. The number of amides is 5. The lowest BCUT2D eigenvalue weighted by Crippen LogP contribution is -2.62. The highest BCUT2D eigenvalue weighted by Gasteiger charge is 2.61. The first-order valence-electron chi connectivity index (χ1n) is 11.7. The van der Waals surface area contributed by atoms with E-state index in [2.05, 4.69) is 15.3 Å². The molecule has 4 aliphatic rings. The predicted molar refractivity (Wildman–Crippen MR) is 120 cm³/mol. The third-order valence-corrected chi connectivity index (χ3v) is 6.88. The van der Waals surface area contributed by atoms with Gasteiger partial charge in [-0.05, 0) is 33.6 Å². The minimum atomic E-state index is -0.938. The number of aromatic nitrogens is 2. The Balaban J connectivity index is 1.28. The van der Waals surface area contributed by atoms with E-state index in [-0.39, 0.29) is 31.1 Å². The van der Waals surface area contributed by atoms with E-state index in [0.29, 0.717) is 38.4 Å². The van der Waals surface area contributed by atoms with Crippen molar-refractivity contribution < 1.29 is 28.7 Å². The molecular weight excluding hydrogens is 456 g/mol. The van der Waals surface area contributed by atoms with E-state index >= 15 is 0 Å². The Morgan fingerprint density at radius 3 is 2.57 bits per heavy atom. The number of nitrogens with zero attached hydrogens (tertiary/aromatic N) is 5. The smallest absolute Gasteiger partial charge is 0.410 e. The molecule has 1 atom stereocenters. The van der Waals surface area contributed by atoms with Crippen LogP contribution in [-0.2, 0) is 36.9 Å². The van der Waals surface area contributed by atoms with E-state index in [4.69, 9.17) is 4.74 Å². The van der Waals surface area contributed by atoms with Crippen LogP contribution in [-0.4, -0.2) is 80.8 Å². The van der Waals surface area contributed by atoms with Gasteiger partial charge < -0.3 is 14.5 Å². The summed E-state index contributed by atoms with van der Waals surface area (Å²) in [7, 11) is 0. The summed E-state index contributed by atoms with van der Waals surface area (Å²) in [6, 6.07) is -0.938. The lowest BCUT2D eigenvalue weighted by molar-refractivity contribution is -0.152. The third-order valence-electron chi connectivity index (χ3n) is 6.88. The quantitative estimate of drug-likeness (QED) is 0.580. The molecule has 1 N–H and O–H groups in total. The van der Waals surface area contributed by atoms with Gasteiger partial charge in [-0.3, -0.25) is 29.4 Å². The van der Waals surface area contributed by atoms with Crippen molar-refractivity contribution in [3.8, 4) is 0 Å². The topological polar surface area (TPSA) is 142 Å². The largest absolute Gasteiger partial charge is 0.444 e. The highest BCUT2D eigenvalue weighted by atomic mass is 16.6. The van der Waals surface area contributed by atoms with Crippen molar-refractivity contribution in [1.29, 1.82) is 0 Å². The lowest BCUT2D eigenvalue weighted by Gasteiger charge is -2.47. The first kappa shape index (κ1) is 23.2. The molecular formula is C23H28N6O6. The maximum Gasteiger partial charge on any atom is 0.410 e. The average molecular weight is 485 g/mol. The van der Waals surface area contributed by atoms with Crippen LogP contribution in [0.4, 0.5) is 10.6 Å². The van der Waals surface area contributed by atoms with Gasteiger partial charge in [0.05, 0.1) is 17.7 Å². The molecule has 186 valence electrons. The minimum absolute atomic E-state index is 0.0275. The van der Waals surface area contributed by atoms with Gasteiger partial charge in [0.15, 0.2) is 0 Å². The van der Waals surface area contributed by atoms with E-state index in [9.17, 15) is 24.0 Å². The van der Waals surface area contributed by atoms with Crippen molar-refractivity contribution in [2.75, 3.05) is 24.5 Å². The number of hydrogen-bond donors (Lipinski definition) is 1. The van der Waals surface area contributed by atoms with Gasteiger partial charge in [0, 0.05) is 38.0 Å². The summed E-state index contributed by atoms with van der Waals surface area (Å²) in [5.74, 6) is -1.05. The molecule has 0 saturated carbocycles. The monoisotopic (exact) mass is 484 g/mol. The van der Waals surface area contributed by atoms with Crippen LogP contribution >= 0.6 is 0 Å². The maximum atomic E-state index is 13.3. The Bertz CT molecular complexity index is 1140. The van der Waals surface area contributed by atoms with Gasteiger partial charge in [-0.15, -0.1) is 0 Å². The molecule has 0 bridgehead atoms. The summed E-state index contributed by atoms with van der Waals surface area (Å²) in [6.07, 6.45) is 1.86.